The number of likely N-dealkylation sites (N-methyl/N-ethyl adjacent to an activating group) is 1. The van der Waals surface area contributed by atoms with Crippen molar-refractivity contribution in [3.8, 4) is 0 Å². The van der Waals surface area contributed by atoms with Crippen molar-refractivity contribution in [1.29, 1.82) is 0 Å². The van der Waals surface area contributed by atoms with E-state index < -0.39 is 29.7 Å². The Labute approximate surface area is 247 Å². The number of alkyl carbamates (subject to hydrolysis) is 1. The summed E-state index contributed by atoms with van der Waals surface area (Å²) in [5.41, 5.74) is 2.54. The lowest BCUT2D eigenvalue weighted by atomic mass is 9.99. The molecule has 2 unspecified atom stereocenters. The molecule has 0 heterocycles. The third kappa shape index (κ3) is 7.97. The first-order chi connectivity index (χ1) is 20.0. The molecule has 0 aromatic heterocycles. The average Bonchev–Trinajstić information content (AvgIpc) is 2.96. The van der Waals surface area contributed by atoms with E-state index in [4.69, 9.17) is 4.74 Å². The van der Waals surface area contributed by atoms with Gasteiger partial charge in [-0.15, -0.1) is 0 Å². The monoisotopic (exact) mass is 565 g/mol. The van der Waals surface area contributed by atoms with Crippen LogP contribution >= 0.6 is 0 Å². The van der Waals surface area contributed by atoms with Crippen molar-refractivity contribution in [2.45, 2.75) is 58.2 Å². The molecule has 4 aromatic rings. The highest BCUT2D eigenvalue weighted by molar-refractivity contribution is 6.00. The summed E-state index contributed by atoms with van der Waals surface area (Å²) >= 11 is 0. The largest absolute Gasteiger partial charge is 0.444 e. The normalized spacial score (nSPS) is 12.7. The quantitative estimate of drug-likeness (QED) is 0.237. The lowest BCUT2D eigenvalue weighted by Crippen LogP contribution is -2.52. The van der Waals surface area contributed by atoms with Crippen LogP contribution in [0, 0.1) is 0 Å². The standard InChI is InChI=1S/C35H39N3O4/c1-6-24-16-18-27(19-17-24)31(32(39)36-29-21-20-26-14-10-11-15-28(26)23-29)38(5)33(40)30(22-25-12-8-7-9-13-25)37-34(41)42-35(2,3)4/h7-21,23,30-31H,6,22H2,1-5H3,(H,36,39)(H,37,41). The summed E-state index contributed by atoms with van der Waals surface area (Å²) in [5, 5.41) is 7.82. The first-order valence-corrected chi connectivity index (χ1v) is 14.2. The van der Waals surface area contributed by atoms with E-state index in [1.54, 1.807) is 27.8 Å². The minimum absolute atomic E-state index is 0.233. The Morgan fingerprint density at radius 3 is 2.10 bits per heavy atom. The number of fused-ring (bicyclic) bond motifs is 1. The van der Waals surface area contributed by atoms with Gasteiger partial charge in [-0.3, -0.25) is 9.59 Å². The molecule has 4 rings (SSSR count). The second-order valence-electron chi connectivity index (χ2n) is 11.4. The highest BCUT2D eigenvalue weighted by atomic mass is 16.6. The molecule has 0 aliphatic carbocycles. The minimum Gasteiger partial charge on any atom is -0.444 e. The Balaban J connectivity index is 1.66. The molecule has 2 N–H and O–H groups in total. The second-order valence-corrected chi connectivity index (χ2v) is 11.4. The van der Waals surface area contributed by atoms with E-state index in [0.29, 0.717) is 11.3 Å². The van der Waals surface area contributed by atoms with Crippen LogP contribution in [-0.4, -0.2) is 41.5 Å². The molecule has 7 heteroatoms. The van der Waals surface area contributed by atoms with Crippen LogP contribution in [0.2, 0.25) is 0 Å². The van der Waals surface area contributed by atoms with Crippen LogP contribution in [0.4, 0.5) is 10.5 Å². The summed E-state index contributed by atoms with van der Waals surface area (Å²) in [6.45, 7) is 7.35. The van der Waals surface area contributed by atoms with E-state index in [1.807, 2.05) is 97.1 Å². The lowest BCUT2D eigenvalue weighted by molar-refractivity contribution is -0.139. The van der Waals surface area contributed by atoms with Crippen LogP contribution in [-0.2, 0) is 27.2 Å². The summed E-state index contributed by atoms with van der Waals surface area (Å²) in [4.78, 5) is 42.2. The van der Waals surface area contributed by atoms with Gasteiger partial charge < -0.3 is 20.3 Å². The first kappa shape index (κ1) is 30.3. The van der Waals surface area contributed by atoms with Gasteiger partial charge in [0.2, 0.25) is 5.91 Å². The number of hydrogen-bond acceptors (Lipinski definition) is 4. The molecule has 0 saturated heterocycles. The van der Waals surface area contributed by atoms with Gasteiger partial charge in [-0.05, 0) is 66.8 Å². The summed E-state index contributed by atoms with van der Waals surface area (Å²) in [6, 6.07) is 28.8. The van der Waals surface area contributed by atoms with E-state index in [2.05, 4.69) is 17.6 Å². The van der Waals surface area contributed by atoms with Crippen LogP contribution in [0.1, 0.15) is 50.4 Å². The van der Waals surface area contributed by atoms with Crippen LogP contribution in [0.25, 0.3) is 10.8 Å². The van der Waals surface area contributed by atoms with E-state index in [0.717, 1.165) is 28.3 Å². The predicted molar refractivity (Wildman–Crippen MR) is 167 cm³/mol. The van der Waals surface area contributed by atoms with E-state index in [1.165, 1.54) is 4.90 Å². The molecular weight excluding hydrogens is 526 g/mol. The zero-order valence-corrected chi connectivity index (χ0v) is 24.9. The molecule has 0 radical (unpaired) electrons. The molecule has 0 bridgehead atoms. The molecule has 0 fully saturated rings. The van der Waals surface area contributed by atoms with Crippen LogP contribution in [0.15, 0.2) is 97.1 Å². The lowest BCUT2D eigenvalue weighted by Gasteiger charge is -2.32. The van der Waals surface area contributed by atoms with Crippen molar-refractivity contribution in [3.05, 3.63) is 114 Å². The summed E-state index contributed by atoms with van der Waals surface area (Å²) < 4.78 is 5.47. The fourth-order valence-electron chi connectivity index (χ4n) is 4.84. The van der Waals surface area contributed by atoms with Crippen molar-refractivity contribution in [2.75, 3.05) is 12.4 Å². The number of benzene rings is 4. The smallest absolute Gasteiger partial charge is 0.408 e. The summed E-state index contributed by atoms with van der Waals surface area (Å²) in [5.74, 6) is -0.774. The number of amides is 3. The Morgan fingerprint density at radius 2 is 1.45 bits per heavy atom. The molecule has 0 aliphatic rings. The van der Waals surface area contributed by atoms with Gasteiger partial charge in [-0.2, -0.15) is 0 Å². The van der Waals surface area contributed by atoms with Crippen LogP contribution < -0.4 is 10.6 Å². The number of hydrogen-bond donors (Lipinski definition) is 2. The minimum atomic E-state index is -0.960. The molecule has 42 heavy (non-hydrogen) atoms. The van der Waals surface area contributed by atoms with Crippen molar-refractivity contribution < 1.29 is 19.1 Å². The number of ether oxygens (including phenoxy) is 1. The van der Waals surface area contributed by atoms with Gasteiger partial charge >= 0.3 is 6.09 Å². The Hall–Kier alpha value is -4.65. The number of nitrogens with zero attached hydrogens (tertiary/aromatic N) is 1. The van der Waals surface area contributed by atoms with Gasteiger partial charge in [0, 0.05) is 19.2 Å². The molecule has 3 amide bonds. The van der Waals surface area contributed by atoms with E-state index in [-0.39, 0.29) is 12.3 Å². The third-order valence-electron chi connectivity index (χ3n) is 6.98. The fourth-order valence-corrected chi connectivity index (χ4v) is 4.84. The van der Waals surface area contributed by atoms with Crippen LogP contribution in [0.3, 0.4) is 0 Å². The van der Waals surface area contributed by atoms with Crippen molar-refractivity contribution in [1.82, 2.24) is 10.2 Å². The van der Waals surface area contributed by atoms with E-state index >= 15 is 0 Å². The van der Waals surface area contributed by atoms with E-state index in [9.17, 15) is 14.4 Å². The number of carbonyl (C=O) groups excluding carboxylic acids is 3. The Morgan fingerprint density at radius 1 is 0.810 bits per heavy atom. The molecule has 2 atom stereocenters. The molecule has 7 nitrogen and oxygen atoms in total. The first-order valence-electron chi connectivity index (χ1n) is 14.2. The number of anilines is 1. The second kappa shape index (κ2) is 13.3. The summed E-state index contributed by atoms with van der Waals surface area (Å²) in [6.07, 6.45) is 0.383. The Bertz CT molecular complexity index is 1530. The molecule has 0 aliphatic heterocycles. The Kier molecular flexibility index (Phi) is 9.63. The highest BCUT2D eigenvalue weighted by Crippen LogP contribution is 2.26. The molecule has 0 spiro atoms. The maximum absolute atomic E-state index is 14.1. The molecular formula is C35H39N3O4. The highest BCUT2D eigenvalue weighted by Gasteiger charge is 2.34. The topological polar surface area (TPSA) is 87.7 Å². The van der Waals surface area contributed by atoms with Gasteiger partial charge in [0.15, 0.2) is 0 Å². The van der Waals surface area contributed by atoms with Gasteiger partial charge in [0.1, 0.15) is 17.7 Å². The zero-order chi connectivity index (χ0) is 30.3. The van der Waals surface area contributed by atoms with Gasteiger partial charge in [0.25, 0.3) is 5.91 Å². The number of carbonyl (C=O) groups is 3. The molecule has 0 saturated carbocycles. The average molecular weight is 566 g/mol. The third-order valence-corrected chi connectivity index (χ3v) is 6.98. The van der Waals surface area contributed by atoms with Gasteiger partial charge in [-0.25, -0.2) is 4.79 Å². The number of aryl methyl sites for hydroxylation is 1. The van der Waals surface area contributed by atoms with Gasteiger partial charge in [-0.1, -0.05) is 91.9 Å². The molecule has 4 aromatic carbocycles. The van der Waals surface area contributed by atoms with Crippen molar-refractivity contribution in [3.63, 3.8) is 0 Å². The van der Waals surface area contributed by atoms with Crippen molar-refractivity contribution in [2.24, 2.45) is 0 Å². The SMILES string of the molecule is CCc1ccc(C(C(=O)Nc2ccc3ccccc3c2)N(C)C(=O)C(Cc2ccccc2)NC(=O)OC(C)(C)C)cc1. The maximum Gasteiger partial charge on any atom is 0.408 e. The number of nitrogens with one attached hydrogen (secondary N) is 2. The van der Waals surface area contributed by atoms with Gasteiger partial charge in [0.05, 0.1) is 0 Å². The van der Waals surface area contributed by atoms with Crippen molar-refractivity contribution >= 4 is 34.4 Å². The zero-order valence-electron chi connectivity index (χ0n) is 24.9. The predicted octanol–water partition coefficient (Wildman–Crippen LogP) is 6.68. The molecule has 218 valence electrons. The fraction of sp³-hybridized carbons (Fsp3) is 0.286. The maximum atomic E-state index is 14.1. The van der Waals surface area contributed by atoms with Crippen LogP contribution in [0.5, 0.6) is 0 Å². The number of rotatable bonds is 9. The summed E-state index contributed by atoms with van der Waals surface area (Å²) in [7, 11) is 1.59.